The number of anilines is 2. The lowest BCUT2D eigenvalue weighted by Crippen LogP contribution is -2.16. The zero-order valence-corrected chi connectivity index (χ0v) is 10.8. The molecule has 4 nitrogen and oxygen atoms in total. The van der Waals surface area contributed by atoms with Gasteiger partial charge in [-0.3, -0.25) is 4.79 Å². The third kappa shape index (κ3) is 3.00. The van der Waals surface area contributed by atoms with Gasteiger partial charge in [0.15, 0.2) is 0 Å². The number of amides is 1. The first-order valence-electron chi connectivity index (χ1n) is 5.46. The zero-order valence-electron chi connectivity index (χ0n) is 10.1. The maximum atomic E-state index is 13.1. The summed E-state index contributed by atoms with van der Waals surface area (Å²) in [6.07, 6.45) is 0.955. The Morgan fingerprint density at radius 2 is 2.16 bits per heavy atom. The van der Waals surface area contributed by atoms with Gasteiger partial charge in [-0.05, 0) is 30.7 Å². The third-order valence-electron chi connectivity index (χ3n) is 2.58. The average molecular weight is 280 g/mol. The highest BCUT2D eigenvalue weighted by Gasteiger charge is 2.13. The molecule has 0 fully saturated rings. The molecule has 0 radical (unpaired) electrons. The average Bonchev–Trinajstić information content (AvgIpc) is 2.36. The first-order chi connectivity index (χ1) is 8.97. The number of halogens is 2. The van der Waals surface area contributed by atoms with E-state index in [0.29, 0.717) is 10.7 Å². The van der Waals surface area contributed by atoms with Gasteiger partial charge < -0.3 is 11.1 Å². The number of benzene rings is 1. The number of hydrogen-bond donors (Lipinski definition) is 2. The molecule has 0 saturated carbocycles. The van der Waals surface area contributed by atoms with Crippen molar-refractivity contribution in [2.45, 2.75) is 6.92 Å². The van der Waals surface area contributed by atoms with Crippen LogP contribution in [-0.2, 0) is 0 Å². The summed E-state index contributed by atoms with van der Waals surface area (Å²) in [7, 11) is 0. The quantitative estimate of drug-likeness (QED) is 0.888. The van der Waals surface area contributed by atoms with E-state index in [0.717, 1.165) is 17.8 Å². The Morgan fingerprint density at radius 3 is 2.89 bits per heavy atom. The predicted octanol–water partition coefficient (Wildman–Crippen LogP) is 3.02. The fourth-order valence-electron chi connectivity index (χ4n) is 1.55. The second-order valence-corrected chi connectivity index (χ2v) is 4.44. The molecule has 98 valence electrons. The number of carbonyl (C=O) groups excluding carboxylic acids is 1. The molecule has 0 saturated heterocycles. The van der Waals surface area contributed by atoms with Gasteiger partial charge >= 0.3 is 0 Å². The number of carbonyl (C=O) groups is 1. The molecule has 1 aromatic heterocycles. The minimum Gasteiger partial charge on any atom is -0.383 e. The maximum absolute atomic E-state index is 13.1. The maximum Gasteiger partial charge on any atom is 0.259 e. The second kappa shape index (κ2) is 5.24. The Hall–Kier alpha value is -2.14. The summed E-state index contributed by atoms with van der Waals surface area (Å²) in [6.45, 7) is 1.82. The summed E-state index contributed by atoms with van der Waals surface area (Å²) in [5.74, 6) is -1.18. The number of nitrogens with one attached hydrogen (secondary N) is 1. The highest BCUT2D eigenvalue weighted by Crippen LogP contribution is 2.21. The first kappa shape index (κ1) is 13.3. The predicted molar refractivity (Wildman–Crippen MR) is 72.7 cm³/mol. The highest BCUT2D eigenvalue weighted by molar-refractivity contribution is 6.31. The Labute approximate surface area is 114 Å². The Morgan fingerprint density at radius 1 is 1.42 bits per heavy atom. The summed E-state index contributed by atoms with van der Waals surface area (Å²) in [4.78, 5) is 15.6. The number of pyridine rings is 1. The van der Waals surface area contributed by atoms with E-state index in [9.17, 15) is 9.18 Å². The molecular weight excluding hydrogens is 269 g/mol. The smallest absolute Gasteiger partial charge is 0.259 e. The van der Waals surface area contributed by atoms with Crippen molar-refractivity contribution < 1.29 is 9.18 Å². The molecule has 2 aromatic rings. The van der Waals surface area contributed by atoms with Crippen LogP contribution in [0.25, 0.3) is 0 Å². The molecule has 3 N–H and O–H groups in total. The van der Waals surface area contributed by atoms with Crippen LogP contribution < -0.4 is 11.1 Å². The summed E-state index contributed by atoms with van der Waals surface area (Å²) < 4.78 is 13.1. The summed E-state index contributed by atoms with van der Waals surface area (Å²) in [5, 5.41) is 3.12. The van der Waals surface area contributed by atoms with Crippen LogP contribution in [0.15, 0.2) is 30.5 Å². The van der Waals surface area contributed by atoms with Gasteiger partial charge in [-0.15, -0.1) is 0 Å². The van der Waals surface area contributed by atoms with Crippen LogP contribution in [-0.4, -0.2) is 10.9 Å². The summed E-state index contributed by atoms with van der Waals surface area (Å²) >= 11 is 5.85. The minimum atomic E-state index is -0.623. The Bertz CT molecular complexity index is 646. The van der Waals surface area contributed by atoms with Crippen LogP contribution >= 0.6 is 11.6 Å². The van der Waals surface area contributed by atoms with Crippen molar-refractivity contribution in [1.82, 2.24) is 4.98 Å². The van der Waals surface area contributed by atoms with E-state index in [2.05, 4.69) is 10.3 Å². The van der Waals surface area contributed by atoms with Crippen LogP contribution in [0, 0.1) is 12.7 Å². The summed E-state index contributed by atoms with van der Waals surface area (Å²) in [6, 6.07) is 6.13. The first-order valence-corrected chi connectivity index (χ1v) is 5.83. The lowest BCUT2D eigenvalue weighted by atomic mass is 10.2. The number of aryl methyl sites for hydroxylation is 1. The minimum absolute atomic E-state index is 0.0145. The van der Waals surface area contributed by atoms with Gasteiger partial charge in [-0.25, -0.2) is 9.37 Å². The largest absolute Gasteiger partial charge is 0.383 e. The second-order valence-electron chi connectivity index (χ2n) is 4.00. The number of nitrogens with two attached hydrogens (primary N) is 1. The van der Waals surface area contributed by atoms with Gasteiger partial charge in [-0.2, -0.15) is 0 Å². The van der Waals surface area contributed by atoms with Crippen LogP contribution in [0.3, 0.4) is 0 Å². The summed E-state index contributed by atoms with van der Waals surface area (Å²) in [5.41, 5.74) is 6.91. The van der Waals surface area contributed by atoms with Crippen LogP contribution in [0.4, 0.5) is 15.9 Å². The normalized spacial score (nSPS) is 10.3. The molecule has 1 heterocycles. The van der Waals surface area contributed by atoms with Crippen molar-refractivity contribution in [2.75, 3.05) is 11.1 Å². The van der Waals surface area contributed by atoms with Crippen molar-refractivity contribution in [3.8, 4) is 0 Å². The van der Waals surface area contributed by atoms with E-state index in [4.69, 9.17) is 17.3 Å². The molecule has 0 aliphatic rings. The van der Waals surface area contributed by atoms with E-state index in [1.807, 2.05) is 6.92 Å². The highest BCUT2D eigenvalue weighted by atomic mass is 35.5. The number of hydrogen-bond acceptors (Lipinski definition) is 3. The fourth-order valence-corrected chi connectivity index (χ4v) is 1.72. The molecule has 0 unspecified atom stereocenters. The molecule has 2 rings (SSSR count). The van der Waals surface area contributed by atoms with E-state index >= 15 is 0 Å². The number of rotatable bonds is 2. The van der Waals surface area contributed by atoms with E-state index in [1.54, 1.807) is 18.2 Å². The topological polar surface area (TPSA) is 68.0 Å². The van der Waals surface area contributed by atoms with E-state index in [-0.39, 0.29) is 11.4 Å². The van der Waals surface area contributed by atoms with Gasteiger partial charge in [0.1, 0.15) is 11.6 Å². The molecule has 0 spiro atoms. The molecule has 1 amide bonds. The Balaban J connectivity index is 2.30. The van der Waals surface area contributed by atoms with E-state index in [1.165, 1.54) is 0 Å². The van der Waals surface area contributed by atoms with Gasteiger partial charge in [0.05, 0.1) is 11.8 Å². The van der Waals surface area contributed by atoms with Gasteiger partial charge in [0, 0.05) is 10.7 Å². The van der Waals surface area contributed by atoms with Crippen molar-refractivity contribution in [2.24, 2.45) is 0 Å². The van der Waals surface area contributed by atoms with Crippen molar-refractivity contribution >= 4 is 29.0 Å². The number of nitrogen functional groups attached to an aromatic ring is 1. The number of nitrogens with zero attached hydrogens (tertiary/aromatic N) is 1. The molecule has 0 bridgehead atoms. The fraction of sp³-hybridized carbons (Fsp3) is 0.0769. The van der Waals surface area contributed by atoms with Gasteiger partial charge in [0.2, 0.25) is 0 Å². The third-order valence-corrected chi connectivity index (χ3v) is 2.81. The van der Waals surface area contributed by atoms with Gasteiger partial charge in [0.25, 0.3) is 5.91 Å². The molecule has 0 atom stereocenters. The zero-order chi connectivity index (χ0) is 14.0. The monoisotopic (exact) mass is 279 g/mol. The molecule has 0 aliphatic heterocycles. The van der Waals surface area contributed by atoms with Crippen LogP contribution in [0.1, 0.15) is 15.9 Å². The van der Waals surface area contributed by atoms with Gasteiger partial charge in [-0.1, -0.05) is 17.7 Å². The van der Waals surface area contributed by atoms with Crippen molar-refractivity contribution in [1.29, 1.82) is 0 Å². The lowest BCUT2D eigenvalue weighted by Gasteiger charge is -2.09. The molecule has 19 heavy (non-hydrogen) atoms. The van der Waals surface area contributed by atoms with Crippen molar-refractivity contribution in [3.63, 3.8) is 0 Å². The molecular formula is C13H11ClFN3O. The number of aromatic nitrogens is 1. The standard InChI is InChI=1S/C13H11ClFN3O/c1-7-2-3-8(14)4-11(7)18-13(19)10-5-9(15)6-17-12(10)16/h2-6H,1H3,(H2,16,17)(H,18,19). The Kier molecular flexibility index (Phi) is 3.66. The molecule has 6 heteroatoms. The lowest BCUT2D eigenvalue weighted by molar-refractivity contribution is 0.102. The SMILES string of the molecule is Cc1ccc(Cl)cc1NC(=O)c1cc(F)cnc1N. The van der Waals surface area contributed by atoms with Crippen molar-refractivity contribution in [3.05, 3.63) is 52.4 Å². The van der Waals surface area contributed by atoms with Crippen LogP contribution in [0.2, 0.25) is 5.02 Å². The van der Waals surface area contributed by atoms with E-state index < -0.39 is 11.7 Å². The van der Waals surface area contributed by atoms with Crippen LogP contribution in [0.5, 0.6) is 0 Å². The molecule has 0 aliphatic carbocycles. The molecule has 1 aromatic carbocycles.